The Morgan fingerprint density at radius 1 is 1.39 bits per heavy atom. The molecule has 2 aromatic rings. The van der Waals surface area contributed by atoms with E-state index in [2.05, 4.69) is 17.2 Å². The summed E-state index contributed by atoms with van der Waals surface area (Å²) in [5, 5.41) is 3.40. The van der Waals surface area contributed by atoms with E-state index >= 15 is 0 Å². The fourth-order valence-electron chi connectivity index (χ4n) is 1.91. The minimum Gasteiger partial charge on any atom is -0.310 e. The smallest absolute Gasteiger partial charge is 0.127 e. The maximum Gasteiger partial charge on any atom is 0.127 e. The van der Waals surface area contributed by atoms with Gasteiger partial charge in [-0.25, -0.2) is 4.39 Å². The first-order valence-corrected chi connectivity index (χ1v) is 7.04. The van der Waals surface area contributed by atoms with Gasteiger partial charge < -0.3 is 5.32 Å². The zero-order valence-electron chi connectivity index (χ0n) is 10.4. The summed E-state index contributed by atoms with van der Waals surface area (Å²) in [5.74, 6) is -0.143. The van der Waals surface area contributed by atoms with E-state index in [-0.39, 0.29) is 11.9 Å². The SMILES string of the molecule is CCCNC(Cc1cncs1)c1ccccc1F. The fourth-order valence-corrected chi connectivity index (χ4v) is 2.55. The van der Waals surface area contributed by atoms with Gasteiger partial charge in [-0.1, -0.05) is 25.1 Å². The van der Waals surface area contributed by atoms with Crippen molar-refractivity contribution in [3.8, 4) is 0 Å². The molecule has 0 saturated heterocycles. The molecule has 0 fully saturated rings. The highest BCUT2D eigenvalue weighted by atomic mass is 32.1. The van der Waals surface area contributed by atoms with Crippen LogP contribution < -0.4 is 5.32 Å². The highest BCUT2D eigenvalue weighted by molar-refractivity contribution is 7.09. The second-order valence-corrected chi connectivity index (χ2v) is 5.17. The third-order valence-corrected chi connectivity index (χ3v) is 3.61. The zero-order valence-corrected chi connectivity index (χ0v) is 11.2. The van der Waals surface area contributed by atoms with Crippen LogP contribution in [-0.4, -0.2) is 11.5 Å². The van der Waals surface area contributed by atoms with Gasteiger partial charge in [-0.05, 0) is 19.0 Å². The van der Waals surface area contributed by atoms with Crippen LogP contribution in [0.15, 0.2) is 36.0 Å². The summed E-state index contributed by atoms with van der Waals surface area (Å²) in [5.41, 5.74) is 2.55. The minimum atomic E-state index is -0.143. The number of halogens is 1. The lowest BCUT2D eigenvalue weighted by molar-refractivity contribution is 0.499. The Labute approximate surface area is 111 Å². The van der Waals surface area contributed by atoms with Crippen LogP contribution in [0.1, 0.15) is 29.8 Å². The van der Waals surface area contributed by atoms with Gasteiger partial charge in [-0.2, -0.15) is 0 Å². The van der Waals surface area contributed by atoms with Gasteiger partial charge in [0.15, 0.2) is 0 Å². The standard InChI is InChI=1S/C14H17FN2S/c1-2-7-17-14(8-11-9-16-10-18-11)12-5-3-4-6-13(12)15/h3-6,9-10,14,17H,2,7-8H2,1H3. The van der Waals surface area contributed by atoms with Crippen LogP contribution in [0.3, 0.4) is 0 Å². The molecular formula is C14H17FN2S. The van der Waals surface area contributed by atoms with Crippen LogP contribution in [0.25, 0.3) is 0 Å². The van der Waals surface area contributed by atoms with Gasteiger partial charge in [-0.3, -0.25) is 4.98 Å². The Hall–Kier alpha value is -1.26. The Bertz CT molecular complexity index is 470. The molecule has 1 heterocycles. The van der Waals surface area contributed by atoms with Crippen molar-refractivity contribution in [2.75, 3.05) is 6.54 Å². The molecule has 0 aliphatic carbocycles. The summed E-state index contributed by atoms with van der Waals surface area (Å²) in [6, 6.07) is 6.99. The van der Waals surface area contributed by atoms with E-state index in [0.717, 1.165) is 24.9 Å². The zero-order chi connectivity index (χ0) is 12.8. The summed E-state index contributed by atoms with van der Waals surface area (Å²) in [6.07, 6.45) is 3.67. The molecule has 1 atom stereocenters. The van der Waals surface area contributed by atoms with E-state index in [1.165, 1.54) is 10.9 Å². The molecule has 18 heavy (non-hydrogen) atoms. The summed E-state index contributed by atoms with van der Waals surface area (Å²) in [4.78, 5) is 5.24. The Morgan fingerprint density at radius 2 is 2.22 bits per heavy atom. The highest BCUT2D eigenvalue weighted by Gasteiger charge is 2.15. The maximum absolute atomic E-state index is 13.8. The van der Waals surface area contributed by atoms with Crippen molar-refractivity contribution in [2.24, 2.45) is 0 Å². The number of hydrogen-bond acceptors (Lipinski definition) is 3. The predicted molar refractivity (Wildman–Crippen MR) is 73.3 cm³/mol. The van der Waals surface area contributed by atoms with Gasteiger partial charge in [0.2, 0.25) is 0 Å². The van der Waals surface area contributed by atoms with Crippen molar-refractivity contribution in [3.05, 3.63) is 52.2 Å². The van der Waals surface area contributed by atoms with Gasteiger partial charge in [-0.15, -0.1) is 11.3 Å². The number of nitrogens with one attached hydrogen (secondary N) is 1. The molecule has 0 spiro atoms. The molecule has 1 aromatic heterocycles. The van der Waals surface area contributed by atoms with Crippen LogP contribution in [0, 0.1) is 5.82 Å². The Balaban J connectivity index is 2.16. The van der Waals surface area contributed by atoms with Crippen molar-refractivity contribution in [1.29, 1.82) is 0 Å². The Kier molecular flexibility index (Phi) is 4.84. The second kappa shape index (κ2) is 6.61. The van der Waals surface area contributed by atoms with Gasteiger partial charge in [0.1, 0.15) is 5.82 Å². The van der Waals surface area contributed by atoms with Gasteiger partial charge in [0, 0.05) is 29.1 Å². The molecule has 96 valence electrons. The lowest BCUT2D eigenvalue weighted by Crippen LogP contribution is -2.24. The topological polar surface area (TPSA) is 24.9 Å². The molecule has 4 heteroatoms. The summed E-state index contributed by atoms with van der Waals surface area (Å²) in [6.45, 7) is 3.00. The number of nitrogens with zero attached hydrogens (tertiary/aromatic N) is 1. The summed E-state index contributed by atoms with van der Waals surface area (Å²) >= 11 is 1.61. The van der Waals surface area contributed by atoms with E-state index in [9.17, 15) is 4.39 Å². The number of aromatic nitrogens is 1. The monoisotopic (exact) mass is 264 g/mol. The average Bonchev–Trinajstić information content (AvgIpc) is 2.88. The van der Waals surface area contributed by atoms with Crippen LogP contribution in [0.2, 0.25) is 0 Å². The molecule has 1 N–H and O–H groups in total. The lowest BCUT2D eigenvalue weighted by atomic mass is 10.0. The molecule has 0 saturated carbocycles. The van der Waals surface area contributed by atoms with E-state index in [4.69, 9.17) is 0 Å². The number of benzene rings is 1. The van der Waals surface area contributed by atoms with E-state index in [0.29, 0.717) is 0 Å². The Morgan fingerprint density at radius 3 is 2.89 bits per heavy atom. The third-order valence-electron chi connectivity index (χ3n) is 2.81. The summed E-state index contributed by atoms with van der Waals surface area (Å²) < 4.78 is 13.8. The number of hydrogen-bond donors (Lipinski definition) is 1. The van der Waals surface area contributed by atoms with Gasteiger partial charge in [0.05, 0.1) is 5.51 Å². The lowest BCUT2D eigenvalue weighted by Gasteiger charge is -2.18. The molecule has 0 amide bonds. The van der Waals surface area contributed by atoms with E-state index in [1.54, 1.807) is 17.4 Å². The largest absolute Gasteiger partial charge is 0.310 e. The third kappa shape index (κ3) is 3.37. The van der Waals surface area contributed by atoms with Crippen molar-refractivity contribution >= 4 is 11.3 Å². The quantitative estimate of drug-likeness (QED) is 0.863. The first-order chi connectivity index (χ1) is 8.81. The molecule has 0 radical (unpaired) electrons. The van der Waals surface area contributed by atoms with E-state index in [1.807, 2.05) is 23.8 Å². The average molecular weight is 264 g/mol. The molecule has 0 aliphatic heterocycles. The number of rotatable bonds is 6. The second-order valence-electron chi connectivity index (χ2n) is 4.20. The van der Waals surface area contributed by atoms with Crippen molar-refractivity contribution < 1.29 is 4.39 Å². The first kappa shape index (κ1) is 13.2. The normalized spacial score (nSPS) is 12.6. The van der Waals surface area contributed by atoms with Crippen LogP contribution in [-0.2, 0) is 6.42 Å². The highest BCUT2D eigenvalue weighted by Crippen LogP contribution is 2.22. The molecule has 2 rings (SSSR count). The van der Waals surface area contributed by atoms with Crippen LogP contribution in [0.4, 0.5) is 4.39 Å². The van der Waals surface area contributed by atoms with Crippen molar-refractivity contribution in [1.82, 2.24) is 10.3 Å². The van der Waals surface area contributed by atoms with Gasteiger partial charge in [0.25, 0.3) is 0 Å². The maximum atomic E-state index is 13.8. The van der Waals surface area contributed by atoms with Crippen LogP contribution in [0.5, 0.6) is 0 Å². The molecule has 0 bridgehead atoms. The predicted octanol–water partition coefficient (Wildman–Crippen LogP) is 3.57. The molecule has 2 nitrogen and oxygen atoms in total. The minimum absolute atomic E-state index is 0.0200. The van der Waals surface area contributed by atoms with E-state index < -0.39 is 0 Å². The molecular weight excluding hydrogens is 247 g/mol. The van der Waals surface area contributed by atoms with Crippen LogP contribution >= 0.6 is 11.3 Å². The molecule has 0 aliphatic rings. The summed E-state index contributed by atoms with van der Waals surface area (Å²) in [7, 11) is 0. The number of thiazole rings is 1. The van der Waals surface area contributed by atoms with Crippen molar-refractivity contribution in [2.45, 2.75) is 25.8 Å². The first-order valence-electron chi connectivity index (χ1n) is 6.16. The fraction of sp³-hybridized carbons (Fsp3) is 0.357. The van der Waals surface area contributed by atoms with Gasteiger partial charge >= 0.3 is 0 Å². The molecule has 1 aromatic carbocycles. The van der Waals surface area contributed by atoms with Crippen molar-refractivity contribution in [3.63, 3.8) is 0 Å². The molecule has 1 unspecified atom stereocenters.